The van der Waals surface area contributed by atoms with Gasteiger partial charge in [0.25, 0.3) is 5.91 Å². The lowest BCUT2D eigenvalue weighted by Crippen LogP contribution is -2.32. The van der Waals surface area contributed by atoms with Crippen LogP contribution in [0.2, 0.25) is 10.0 Å². The Labute approximate surface area is 254 Å². The lowest BCUT2D eigenvalue weighted by Gasteiger charge is -2.26. The Balaban J connectivity index is 1.85. The molecular formula is C26H17Cl4F6N3O3. The first-order chi connectivity index (χ1) is 19.4. The lowest BCUT2D eigenvalue weighted by molar-refractivity contribution is -0.150. The summed E-state index contributed by atoms with van der Waals surface area (Å²) < 4.78 is 78.2. The molecule has 0 radical (unpaired) electrons. The first-order valence-electron chi connectivity index (χ1n) is 11.5. The summed E-state index contributed by atoms with van der Waals surface area (Å²) in [6.45, 7) is 1.31. The summed E-state index contributed by atoms with van der Waals surface area (Å²) in [6, 6.07) is 8.42. The Bertz CT molecular complexity index is 1550. The fourth-order valence-corrected chi connectivity index (χ4v) is 4.52. The van der Waals surface area contributed by atoms with Crippen LogP contribution in [0.4, 0.5) is 43.4 Å². The van der Waals surface area contributed by atoms with Crippen molar-refractivity contribution in [1.29, 1.82) is 0 Å². The van der Waals surface area contributed by atoms with E-state index in [4.69, 9.17) is 46.4 Å². The molecular weight excluding hydrogens is 658 g/mol. The predicted molar refractivity (Wildman–Crippen MR) is 148 cm³/mol. The van der Waals surface area contributed by atoms with Crippen LogP contribution in [0.25, 0.3) is 0 Å². The van der Waals surface area contributed by atoms with Gasteiger partial charge >= 0.3 is 6.18 Å². The number of carbonyl (C=O) groups is 3. The van der Waals surface area contributed by atoms with Crippen molar-refractivity contribution in [2.45, 2.75) is 29.8 Å². The molecule has 1 atom stereocenters. The van der Waals surface area contributed by atoms with Crippen molar-refractivity contribution < 1.29 is 40.7 Å². The van der Waals surface area contributed by atoms with Crippen LogP contribution in [-0.2, 0) is 9.59 Å². The topological polar surface area (TPSA) is 87.3 Å². The van der Waals surface area contributed by atoms with E-state index < -0.39 is 69.4 Å². The zero-order valence-corrected chi connectivity index (χ0v) is 23.9. The van der Waals surface area contributed by atoms with Crippen LogP contribution in [0.15, 0.2) is 48.5 Å². The third-order valence-electron chi connectivity index (χ3n) is 5.49. The fraction of sp³-hybridized carbons (Fsp3) is 0.192. The van der Waals surface area contributed by atoms with Crippen molar-refractivity contribution in [3.05, 3.63) is 87.2 Å². The highest BCUT2D eigenvalue weighted by molar-refractivity contribution is 6.50. The monoisotopic (exact) mass is 673 g/mol. The van der Waals surface area contributed by atoms with Gasteiger partial charge < -0.3 is 16.0 Å². The second-order valence-electron chi connectivity index (χ2n) is 8.82. The summed E-state index contributed by atoms with van der Waals surface area (Å²) in [4.78, 5) is 37.6. The number of alkyl halides is 5. The third kappa shape index (κ3) is 8.43. The van der Waals surface area contributed by atoms with E-state index in [1.807, 2.05) is 0 Å². The van der Waals surface area contributed by atoms with Crippen LogP contribution < -0.4 is 16.0 Å². The van der Waals surface area contributed by atoms with E-state index in [9.17, 15) is 40.7 Å². The van der Waals surface area contributed by atoms with Gasteiger partial charge in [-0.1, -0.05) is 29.3 Å². The average molecular weight is 675 g/mol. The summed E-state index contributed by atoms with van der Waals surface area (Å²) >= 11 is 24.4. The SMILES string of the molecule is CC(Cl)(Cl)[C@H](C(=O)Nc1ccc(Cl)c(C(=O)Nc2ccc(F)c(NC(=O)CC(F)(F)F)c2F)c1)c1ccc(F)c(Cl)c1. The number of benzene rings is 3. The average Bonchev–Trinajstić information content (AvgIpc) is 2.85. The van der Waals surface area contributed by atoms with Gasteiger partial charge in [-0.05, 0) is 55.0 Å². The van der Waals surface area contributed by atoms with Gasteiger partial charge in [0.2, 0.25) is 11.8 Å². The fourth-order valence-electron chi connectivity index (χ4n) is 3.68. The standard InChI is InChI=1S/C26H17Cl4F6N3O3/c1-25(29,30)20(11-2-5-16(31)15(28)8-11)24(42)37-12-3-4-14(27)13(9-12)23(41)38-18-7-6-17(32)22(21(18)33)39-19(40)10-26(34,35)36/h2-9,20H,10H2,1H3,(H,37,42)(H,38,41)(H,39,40)/t20-/m0/s1. The molecule has 3 aromatic rings. The number of amides is 3. The van der Waals surface area contributed by atoms with E-state index in [-0.39, 0.29) is 26.9 Å². The summed E-state index contributed by atoms with van der Waals surface area (Å²) in [6.07, 6.45) is -6.93. The third-order valence-corrected chi connectivity index (χ3v) is 6.55. The lowest BCUT2D eigenvalue weighted by atomic mass is 9.94. The first-order valence-corrected chi connectivity index (χ1v) is 13.0. The number of hydrogen-bond acceptors (Lipinski definition) is 3. The number of rotatable bonds is 8. The number of halogens is 10. The molecule has 3 N–H and O–H groups in total. The maximum absolute atomic E-state index is 14.9. The van der Waals surface area contributed by atoms with E-state index in [2.05, 4.69) is 10.6 Å². The van der Waals surface area contributed by atoms with Gasteiger partial charge in [-0.2, -0.15) is 13.2 Å². The van der Waals surface area contributed by atoms with E-state index in [0.29, 0.717) is 6.07 Å². The van der Waals surface area contributed by atoms with Crippen LogP contribution in [0.3, 0.4) is 0 Å². The van der Waals surface area contributed by atoms with Crippen molar-refractivity contribution >= 4 is 81.2 Å². The van der Waals surface area contributed by atoms with E-state index in [0.717, 1.165) is 18.2 Å². The molecule has 3 aromatic carbocycles. The van der Waals surface area contributed by atoms with Crippen molar-refractivity contribution in [3.63, 3.8) is 0 Å². The molecule has 0 saturated carbocycles. The van der Waals surface area contributed by atoms with Crippen LogP contribution in [0, 0.1) is 17.5 Å². The number of hydrogen-bond donors (Lipinski definition) is 3. The minimum atomic E-state index is -4.93. The van der Waals surface area contributed by atoms with Gasteiger partial charge in [-0.15, -0.1) is 23.2 Å². The molecule has 0 spiro atoms. The van der Waals surface area contributed by atoms with Gasteiger partial charge in [-0.25, -0.2) is 13.2 Å². The molecule has 0 aliphatic carbocycles. The van der Waals surface area contributed by atoms with Crippen LogP contribution >= 0.6 is 46.4 Å². The van der Waals surface area contributed by atoms with Crippen molar-refractivity contribution in [2.75, 3.05) is 16.0 Å². The van der Waals surface area contributed by atoms with Crippen LogP contribution in [-0.4, -0.2) is 28.2 Å². The Kier molecular flexibility index (Phi) is 10.3. The molecule has 0 aliphatic heterocycles. The van der Waals surface area contributed by atoms with Crippen molar-refractivity contribution in [1.82, 2.24) is 0 Å². The molecule has 6 nitrogen and oxygen atoms in total. The Morgan fingerprint density at radius 1 is 0.833 bits per heavy atom. The maximum Gasteiger partial charge on any atom is 0.397 e. The highest BCUT2D eigenvalue weighted by Crippen LogP contribution is 2.40. The van der Waals surface area contributed by atoms with Gasteiger partial charge in [-0.3, -0.25) is 14.4 Å². The molecule has 16 heteroatoms. The summed E-state index contributed by atoms with van der Waals surface area (Å²) in [5, 5.41) is 5.60. The molecule has 3 amide bonds. The number of nitrogens with one attached hydrogen (secondary N) is 3. The van der Waals surface area contributed by atoms with Gasteiger partial charge in [0.15, 0.2) is 5.82 Å². The summed E-state index contributed by atoms with van der Waals surface area (Å²) in [5.74, 6) is -8.59. The molecule has 224 valence electrons. The van der Waals surface area contributed by atoms with E-state index in [1.165, 1.54) is 36.5 Å². The largest absolute Gasteiger partial charge is 0.397 e. The van der Waals surface area contributed by atoms with Crippen LogP contribution in [0.5, 0.6) is 0 Å². The molecule has 0 bridgehead atoms. The Morgan fingerprint density at radius 3 is 2.07 bits per heavy atom. The Hall–Kier alpha value is -3.19. The smallest absolute Gasteiger partial charge is 0.325 e. The molecule has 42 heavy (non-hydrogen) atoms. The predicted octanol–water partition coefficient (Wildman–Crippen LogP) is 8.47. The molecule has 0 aliphatic rings. The van der Waals surface area contributed by atoms with Crippen molar-refractivity contribution in [2.24, 2.45) is 0 Å². The molecule has 0 aromatic heterocycles. The van der Waals surface area contributed by atoms with Gasteiger partial charge in [0.1, 0.15) is 28.1 Å². The van der Waals surface area contributed by atoms with Gasteiger partial charge in [0, 0.05) is 5.69 Å². The molecule has 3 rings (SSSR count). The molecule has 0 unspecified atom stereocenters. The first kappa shape index (κ1) is 33.3. The number of anilines is 3. The molecule has 0 heterocycles. The quantitative estimate of drug-likeness (QED) is 0.166. The zero-order valence-electron chi connectivity index (χ0n) is 20.9. The second-order valence-corrected chi connectivity index (χ2v) is 11.4. The Morgan fingerprint density at radius 2 is 1.48 bits per heavy atom. The normalized spacial score (nSPS) is 12.5. The summed E-state index contributed by atoms with van der Waals surface area (Å²) in [5.41, 5.74) is -2.08. The maximum atomic E-state index is 14.9. The highest BCUT2D eigenvalue weighted by atomic mass is 35.5. The van der Waals surface area contributed by atoms with E-state index >= 15 is 0 Å². The number of carbonyl (C=O) groups excluding carboxylic acids is 3. The van der Waals surface area contributed by atoms with Crippen LogP contribution in [0.1, 0.15) is 35.2 Å². The van der Waals surface area contributed by atoms with E-state index in [1.54, 1.807) is 0 Å². The molecule has 0 saturated heterocycles. The second kappa shape index (κ2) is 13.0. The minimum Gasteiger partial charge on any atom is -0.325 e. The zero-order chi connectivity index (χ0) is 31.6. The van der Waals surface area contributed by atoms with Crippen molar-refractivity contribution in [3.8, 4) is 0 Å². The highest BCUT2D eigenvalue weighted by Gasteiger charge is 2.38. The van der Waals surface area contributed by atoms with Gasteiger partial charge in [0.05, 0.1) is 27.2 Å². The molecule has 0 fully saturated rings. The minimum absolute atomic E-state index is 0.00924. The summed E-state index contributed by atoms with van der Waals surface area (Å²) in [7, 11) is 0.